The zero-order chi connectivity index (χ0) is 19.2. The fourth-order valence-electron chi connectivity index (χ4n) is 4.14. The molecule has 0 radical (unpaired) electrons. The Kier molecular flexibility index (Phi) is 4.03. The minimum atomic E-state index is -1.28. The lowest BCUT2D eigenvalue weighted by molar-refractivity contribution is -0.153. The normalized spacial score (nSPS) is 30.3. The quantitative estimate of drug-likeness (QED) is 0.889. The summed E-state index contributed by atoms with van der Waals surface area (Å²) in [6, 6.07) is 4.37. The van der Waals surface area contributed by atoms with Gasteiger partial charge in [0.2, 0.25) is 0 Å². The Morgan fingerprint density at radius 1 is 1.56 bits per heavy atom. The molecule has 1 N–H and O–H groups in total. The molecule has 0 unspecified atom stereocenters. The van der Waals surface area contributed by atoms with Crippen LogP contribution in [0.15, 0.2) is 18.5 Å². The lowest BCUT2D eigenvalue weighted by atomic mass is 9.73. The molecule has 3 atom stereocenters. The number of nitriles is 1. The van der Waals surface area contributed by atoms with E-state index < -0.39 is 29.3 Å². The van der Waals surface area contributed by atoms with Crippen LogP contribution >= 0.6 is 0 Å². The third-order valence-corrected chi connectivity index (χ3v) is 5.58. The van der Waals surface area contributed by atoms with E-state index in [2.05, 4.69) is 10.3 Å². The van der Waals surface area contributed by atoms with Crippen LogP contribution in [-0.4, -0.2) is 46.7 Å². The molecule has 1 aromatic heterocycles. The molecule has 9 heteroatoms. The predicted molar refractivity (Wildman–Crippen MR) is 90.1 cm³/mol. The number of methoxy groups -OCH3 is 1. The molecular weight excluding hydrogens is 358 g/mol. The van der Waals surface area contributed by atoms with Crippen molar-refractivity contribution in [2.24, 2.45) is 0 Å². The van der Waals surface area contributed by atoms with E-state index in [1.54, 1.807) is 10.6 Å². The maximum absolute atomic E-state index is 15.0. The molecule has 27 heavy (non-hydrogen) atoms. The number of aromatic nitrogens is 2. The standard InChI is InChI=1S/C18H18F2N4O3/c1-26-18(7-17(3-2-15(18)20)8-22-16(25)27-17)9-24-10-23-13-5-12(19)11(6-21)4-14(13)24/h4-5,10,15H,2-3,7-9H2,1H3,(H,22,25)/t15-,17+,18+/m1/s1. The van der Waals surface area contributed by atoms with Gasteiger partial charge in [0.25, 0.3) is 0 Å². The van der Waals surface area contributed by atoms with E-state index in [1.807, 2.05) is 0 Å². The van der Waals surface area contributed by atoms with Gasteiger partial charge < -0.3 is 19.4 Å². The molecule has 1 aliphatic carbocycles. The molecule has 142 valence electrons. The summed E-state index contributed by atoms with van der Waals surface area (Å²) in [7, 11) is 1.43. The van der Waals surface area contributed by atoms with Gasteiger partial charge in [0.05, 0.1) is 36.0 Å². The molecule has 2 heterocycles. The van der Waals surface area contributed by atoms with Crippen molar-refractivity contribution < 1.29 is 23.0 Å². The molecular formula is C18H18F2N4O3. The van der Waals surface area contributed by atoms with Crippen LogP contribution in [0.1, 0.15) is 24.8 Å². The lowest BCUT2D eigenvalue weighted by Crippen LogP contribution is -2.57. The Bertz CT molecular complexity index is 956. The largest absolute Gasteiger partial charge is 0.441 e. The molecule has 1 saturated heterocycles. The van der Waals surface area contributed by atoms with Crippen LogP contribution in [0.2, 0.25) is 0 Å². The molecule has 1 amide bonds. The molecule has 4 rings (SSSR count). The van der Waals surface area contributed by atoms with Crippen molar-refractivity contribution in [1.82, 2.24) is 14.9 Å². The van der Waals surface area contributed by atoms with Gasteiger partial charge in [-0.25, -0.2) is 18.6 Å². The van der Waals surface area contributed by atoms with Crippen molar-refractivity contribution in [2.75, 3.05) is 13.7 Å². The van der Waals surface area contributed by atoms with E-state index in [9.17, 15) is 9.18 Å². The number of carbonyl (C=O) groups excluding carboxylic acids is 1. The van der Waals surface area contributed by atoms with Gasteiger partial charge in [-0.3, -0.25) is 0 Å². The first-order chi connectivity index (χ1) is 12.9. The Hall–Kier alpha value is -2.73. The number of hydrogen-bond donors (Lipinski definition) is 1. The summed E-state index contributed by atoms with van der Waals surface area (Å²) < 4.78 is 41.5. The SMILES string of the molecule is CO[C@]1(Cn2cnc3cc(F)c(C#N)cc32)C[C@@]2(CC[C@H]1F)CNC(=O)O2. The maximum atomic E-state index is 15.0. The van der Waals surface area contributed by atoms with E-state index in [0.717, 1.165) is 0 Å². The number of fused-ring (bicyclic) bond motifs is 1. The first-order valence-electron chi connectivity index (χ1n) is 8.61. The second-order valence-corrected chi connectivity index (χ2v) is 7.18. The van der Waals surface area contributed by atoms with E-state index in [0.29, 0.717) is 24.0 Å². The van der Waals surface area contributed by atoms with Gasteiger partial charge >= 0.3 is 6.09 Å². The highest BCUT2D eigenvalue weighted by molar-refractivity contribution is 5.77. The van der Waals surface area contributed by atoms with Crippen LogP contribution in [0.4, 0.5) is 13.6 Å². The van der Waals surface area contributed by atoms with Crippen LogP contribution in [-0.2, 0) is 16.0 Å². The fraction of sp³-hybridized carbons (Fsp3) is 0.500. The molecule has 1 spiro atoms. The number of alkyl carbamates (subject to hydrolysis) is 1. The second kappa shape index (κ2) is 6.16. The molecule has 2 aliphatic rings. The summed E-state index contributed by atoms with van der Waals surface area (Å²) >= 11 is 0. The number of halogens is 2. The van der Waals surface area contributed by atoms with Crippen LogP contribution in [0.25, 0.3) is 11.0 Å². The summed E-state index contributed by atoms with van der Waals surface area (Å²) in [4.78, 5) is 15.7. The average molecular weight is 376 g/mol. The van der Waals surface area contributed by atoms with Crippen molar-refractivity contribution >= 4 is 17.1 Å². The number of ether oxygens (including phenoxy) is 2. The van der Waals surface area contributed by atoms with Gasteiger partial charge in [-0.15, -0.1) is 0 Å². The van der Waals surface area contributed by atoms with Crippen LogP contribution < -0.4 is 5.32 Å². The number of nitrogens with zero attached hydrogens (tertiary/aromatic N) is 3. The number of imidazole rings is 1. The van der Waals surface area contributed by atoms with Gasteiger partial charge in [-0.05, 0) is 18.9 Å². The first kappa shape index (κ1) is 17.7. The van der Waals surface area contributed by atoms with E-state index in [-0.39, 0.29) is 24.9 Å². The smallest absolute Gasteiger partial charge is 0.407 e. The Labute approximate surface area is 153 Å². The van der Waals surface area contributed by atoms with Gasteiger partial charge in [0, 0.05) is 19.6 Å². The van der Waals surface area contributed by atoms with Crippen LogP contribution in [0.5, 0.6) is 0 Å². The van der Waals surface area contributed by atoms with E-state index in [1.165, 1.54) is 25.6 Å². The van der Waals surface area contributed by atoms with Gasteiger partial charge in [0.15, 0.2) is 0 Å². The Balaban J connectivity index is 1.71. The highest BCUT2D eigenvalue weighted by Crippen LogP contribution is 2.44. The van der Waals surface area contributed by atoms with Crippen LogP contribution in [0, 0.1) is 17.1 Å². The minimum absolute atomic E-state index is 0.0942. The first-order valence-corrected chi connectivity index (χ1v) is 8.61. The molecule has 7 nitrogen and oxygen atoms in total. The van der Waals surface area contributed by atoms with Crippen molar-refractivity contribution in [1.29, 1.82) is 5.26 Å². The summed E-state index contributed by atoms with van der Waals surface area (Å²) in [5.74, 6) is -0.652. The van der Waals surface area contributed by atoms with Crippen molar-refractivity contribution in [3.63, 3.8) is 0 Å². The number of amides is 1. The molecule has 2 fully saturated rings. The average Bonchev–Trinajstić information content (AvgIpc) is 3.21. The number of nitrogens with one attached hydrogen (secondary N) is 1. The number of rotatable bonds is 3. The summed E-state index contributed by atoms with van der Waals surface area (Å²) in [5.41, 5.74) is -1.28. The Morgan fingerprint density at radius 3 is 3.04 bits per heavy atom. The van der Waals surface area contributed by atoms with Gasteiger partial charge in [-0.1, -0.05) is 0 Å². The van der Waals surface area contributed by atoms with Gasteiger partial charge in [0.1, 0.15) is 29.3 Å². The third kappa shape index (κ3) is 2.80. The van der Waals surface area contributed by atoms with Gasteiger partial charge in [-0.2, -0.15) is 5.26 Å². The van der Waals surface area contributed by atoms with E-state index >= 15 is 4.39 Å². The second-order valence-electron chi connectivity index (χ2n) is 7.18. The van der Waals surface area contributed by atoms with Crippen molar-refractivity contribution in [3.8, 4) is 6.07 Å². The predicted octanol–water partition coefficient (Wildman–Crippen LogP) is 2.43. The topological polar surface area (TPSA) is 89.2 Å². The summed E-state index contributed by atoms with van der Waals surface area (Å²) in [6.45, 7) is 0.398. The van der Waals surface area contributed by atoms with Crippen LogP contribution in [0.3, 0.4) is 0 Å². The summed E-state index contributed by atoms with van der Waals surface area (Å²) in [6.07, 6.45) is 0.460. The highest BCUT2D eigenvalue weighted by atomic mass is 19.1. The number of benzene rings is 1. The third-order valence-electron chi connectivity index (χ3n) is 5.58. The minimum Gasteiger partial charge on any atom is -0.441 e. The molecule has 0 bridgehead atoms. The van der Waals surface area contributed by atoms with E-state index in [4.69, 9.17) is 14.7 Å². The maximum Gasteiger partial charge on any atom is 0.407 e. The van der Waals surface area contributed by atoms with Crippen molar-refractivity contribution in [3.05, 3.63) is 29.8 Å². The molecule has 1 saturated carbocycles. The van der Waals surface area contributed by atoms with Crippen molar-refractivity contribution in [2.45, 2.75) is 43.2 Å². The fourth-order valence-corrected chi connectivity index (χ4v) is 4.14. The molecule has 1 aliphatic heterocycles. The Morgan fingerprint density at radius 2 is 2.37 bits per heavy atom. The molecule has 1 aromatic carbocycles. The number of hydrogen-bond acceptors (Lipinski definition) is 5. The number of alkyl halides is 1. The lowest BCUT2D eigenvalue weighted by Gasteiger charge is -2.45. The zero-order valence-corrected chi connectivity index (χ0v) is 14.7. The summed E-state index contributed by atoms with van der Waals surface area (Å²) in [5, 5.41) is 11.7. The monoisotopic (exact) mass is 376 g/mol. The zero-order valence-electron chi connectivity index (χ0n) is 14.7. The molecule has 2 aromatic rings. The number of carbonyl (C=O) groups is 1. The highest BCUT2D eigenvalue weighted by Gasteiger charge is 2.55.